The molecule has 100 valence electrons. The normalized spacial score (nSPS) is 16.6. The van der Waals surface area contributed by atoms with E-state index in [9.17, 15) is 0 Å². The van der Waals surface area contributed by atoms with E-state index in [-0.39, 0.29) is 0 Å². The summed E-state index contributed by atoms with van der Waals surface area (Å²) in [4.78, 5) is 7.09. The first-order valence-electron chi connectivity index (χ1n) is 6.66. The van der Waals surface area contributed by atoms with Gasteiger partial charge in [-0.15, -0.1) is 11.6 Å². The van der Waals surface area contributed by atoms with Crippen molar-refractivity contribution in [1.82, 2.24) is 4.98 Å². The summed E-state index contributed by atoms with van der Waals surface area (Å²) < 4.78 is 5.50. The third-order valence-corrected chi connectivity index (χ3v) is 3.73. The second-order valence-corrected chi connectivity index (χ2v) is 5.02. The van der Waals surface area contributed by atoms with Gasteiger partial charge in [-0.05, 0) is 18.6 Å². The zero-order valence-electron chi connectivity index (χ0n) is 10.8. The van der Waals surface area contributed by atoms with Gasteiger partial charge in [-0.3, -0.25) is 0 Å². The lowest BCUT2D eigenvalue weighted by atomic mass is 10.1. The molecule has 0 radical (unpaired) electrons. The van der Waals surface area contributed by atoms with E-state index in [2.05, 4.69) is 17.0 Å². The topological polar surface area (TPSA) is 25.4 Å². The highest BCUT2D eigenvalue weighted by Gasteiger charge is 2.15. The molecular formula is C15H17ClN2O. The maximum Gasteiger partial charge on any atom is 0.133 e. The summed E-state index contributed by atoms with van der Waals surface area (Å²) in [5.41, 5.74) is 2.12. The largest absolute Gasteiger partial charge is 0.380 e. The second-order valence-electron chi connectivity index (χ2n) is 4.75. The van der Waals surface area contributed by atoms with E-state index >= 15 is 0 Å². The second kappa shape index (κ2) is 5.76. The average Bonchev–Trinajstić information content (AvgIpc) is 2.74. The van der Waals surface area contributed by atoms with Crippen molar-refractivity contribution in [2.75, 3.05) is 31.2 Å². The summed E-state index contributed by atoms with van der Waals surface area (Å²) in [5.74, 6) is 1.50. The lowest BCUT2D eigenvalue weighted by molar-refractivity contribution is 0.152. The van der Waals surface area contributed by atoms with Crippen LogP contribution in [-0.2, 0) is 10.6 Å². The van der Waals surface area contributed by atoms with Gasteiger partial charge in [0, 0.05) is 30.6 Å². The van der Waals surface area contributed by atoms with Crippen molar-refractivity contribution < 1.29 is 4.74 Å². The van der Waals surface area contributed by atoms with E-state index in [1.807, 2.05) is 18.2 Å². The first-order valence-corrected chi connectivity index (χ1v) is 7.19. The van der Waals surface area contributed by atoms with Crippen LogP contribution in [0.4, 0.5) is 5.82 Å². The van der Waals surface area contributed by atoms with E-state index in [0.717, 1.165) is 55.0 Å². The molecule has 19 heavy (non-hydrogen) atoms. The molecule has 0 spiro atoms. The van der Waals surface area contributed by atoms with Gasteiger partial charge < -0.3 is 9.64 Å². The van der Waals surface area contributed by atoms with Gasteiger partial charge in [-0.25, -0.2) is 4.98 Å². The van der Waals surface area contributed by atoms with Gasteiger partial charge in [0.2, 0.25) is 0 Å². The maximum atomic E-state index is 6.09. The number of benzene rings is 1. The van der Waals surface area contributed by atoms with Crippen molar-refractivity contribution in [3.05, 3.63) is 35.9 Å². The van der Waals surface area contributed by atoms with Gasteiger partial charge in [0.25, 0.3) is 0 Å². The Bertz CT molecular complexity index is 565. The van der Waals surface area contributed by atoms with Crippen molar-refractivity contribution in [1.29, 1.82) is 0 Å². The zero-order chi connectivity index (χ0) is 13.1. The molecule has 0 amide bonds. The number of pyridine rings is 1. The van der Waals surface area contributed by atoms with Crippen LogP contribution >= 0.6 is 11.6 Å². The Labute approximate surface area is 118 Å². The van der Waals surface area contributed by atoms with Gasteiger partial charge in [0.1, 0.15) is 5.82 Å². The lowest BCUT2D eigenvalue weighted by Gasteiger charge is -2.23. The summed E-state index contributed by atoms with van der Waals surface area (Å²) in [6, 6.07) is 10.3. The molecule has 1 aromatic heterocycles. The summed E-state index contributed by atoms with van der Waals surface area (Å²) in [6.45, 7) is 3.46. The van der Waals surface area contributed by atoms with E-state index in [1.54, 1.807) is 0 Å². The minimum atomic E-state index is 0.491. The molecule has 0 atom stereocenters. The molecule has 3 nitrogen and oxygen atoms in total. The quantitative estimate of drug-likeness (QED) is 0.788. The number of ether oxygens (including phenoxy) is 1. The van der Waals surface area contributed by atoms with Crippen LogP contribution in [0.3, 0.4) is 0 Å². The average molecular weight is 277 g/mol. The third-order valence-electron chi connectivity index (χ3n) is 3.45. The van der Waals surface area contributed by atoms with Gasteiger partial charge in [-0.1, -0.05) is 18.2 Å². The third kappa shape index (κ3) is 2.67. The van der Waals surface area contributed by atoms with Crippen molar-refractivity contribution in [3.8, 4) is 0 Å². The number of fused-ring (bicyclic) bond motifs is 1. The van der Waals surface area contributed by atoms with Gasteiger partial charge in [-0.2, -0.15) is 0 Å². The molecule has 0 N–H and O–H groups in total. The van der Waals surface area contributed by atoms with Gasteiger partial charge in [0.15, 0.2) is 0 Å². The Morgan fingerprint density at radius 2 is 2.11 bits per heavy atom. The molecule has 1 saturated heterocycles. The molecule has 0 saturated carbocycles. The summed E-state index contributed by atoms with van der Waals surface area (Å²) in [5, 5.41) is 1.15. The first-order chi connectivity index (χ1) is 9.38. The van der Waals surface area contributed by atoms with Crippen molar-refractivity contribution in [3.63, 3.8) is 0 Å². The van der Waals surface area contributed by atoms with E-state index in [1.165, 1.54) is 0 Å². The molecule has 1 aliphatic rings. The smallest absolute Gasteiger partial charge is 0.133 e. The first kappa shape index (κ1) is 12.7. The lowest BCUT2D eigenvalue weighted by Crippen LogP contribution is -2.27. The number of alkyl halides is 1. The Morgan fingerprint density at radius 1 is 1.21 bits per heavy atom. The van der Waals surface area contributed by atoms with Crippen LogP contribution in [0.5, 0.6) is 0 Å². The fraction of sp³-hybridized carbons (Fsp3) is 0.400. The fourth-order valence-electron chi connectivity index (χ4n) is 2.48. The molecule has 1 aliphatic heterocycles. The Kier molecular flexibility index (Phi) is 3.85. The number of aromatic nitrogens is 1. The molecule has 0 unspecified atom stereocenters. The summed E-state index contributed by atoms with van der Waals surface area (Å²) in [6.07, 6.45) is 1.04. The van der Waals surface area contributed by atoms with Crippen molar-refractivity contribution in [2.24, 2.45) is 0 Å². The van der Waals surface area contributed by atoms with Crippen LogP contribution in [-0.4, -0.2) is 31.3 Å². The van der Waals surface area contributed by atoms with Crippen LogP contribution in [0.25, 0.3) is 10.9 Å². The number of halogens is 1. The number of hydrogen-bond acceptors (Lipinski definition) is 3. The van der Waals surface area contributed by atoms with E-state index in [0.29, 0.717) is 5.88 Å². The maximum absolute atomic E-state index is 6.09. The van der Waals surface area contributed by atoms with Crippen LogP contribution in [0.15, 0.2) is 30.3 Å². The highest BCUT2D eigenvalue weighted by Crippen LogP contribution is 2.25. The van der Waals surface area contributed by atoms with Gasteiger partial charge >= 0.3 is 0 Å². The highest BCUT2D eigenvalue weighted by atomic mass is 35.5. The summed E-state index contributed by atoms with van der Waals surface area (Å²) >= 11 is 6.09. The van der Waals surface area contributed by atoms with Crippen molar-refractivity contribution >= 4 is 28.3 Å². The van der Waals surface area contributed by atoms with Crippen LogP contribution in [0.1, 0.15) is 12.0 Å². The Hall–Kier alpha value is -1.32. The summed E-state index contributed by atoms with van der Waals surface area (Å²) in [7, 11) is 0. The van der Waals surface area contributed by atoms with Crippen LogP contribution in [0.2, 0.25) is 0 Å². The van der Waals surface area contributed by atoms with Crippen molar-refractivity contribution in [2.45, 2.75) is 12.3 Å². The standard InChI is InChI=1S/C15H17ClN2O/c16-11-13-10-12-4-1-2-5-14(12)17-15(13)18-6-3-8-19-9-7-18/h1-2,4-5,10H,3,6-9,11H2. The number of anilines is 1. The molecule has 2 heterocycles. The number of nitrogens with zero attached hydrogens (tertiary/aromatic N) is 2. The van der Waals surface area contributed by atoms with Crippen LogP contribution < -0.4 is 4.90 Å². The zero-order valence-corrected chi connectivity index (χ0v) is 11.6. The van der Waals surface area contributed by atoms with E-state index < -0.39 is 0 Å². The molecule has 4 heteroatoms. The Morgan fingerprint density at radius 3 is 3.00 bits per heavy atom. The predicted molar refractivity (Wildman–Crippen MR) is 78.9 cm³/mol. The number of rotatable bonds is 2. The minimum Gasteiger partial charge on any atom is -0.380 e. The van der Waals surface area contributed by atoms with Crippen LogP contribution in [0, 0.1) is 0 Å². The number of hydrogen-bond donors (Lipinski definition) is 0. The molecule has 0 aliphatic carbocycles. The molecule has 1 fully saturated rings. The van der Waals surface area contributed by atoms with Gasteiger partial charge in [0.05, 0.1) is 18.0 Å². The molecule has 0 bridgehead atoms. The monoisotopic (exact) mass is 276 g/mol. The number of para-hydroxylation sites is 1. The SMILES string of the molecule is ClCc1cc2ccccc2nc1N1CCCOCC1. The highest BCUT2D eigenvalue weighted by molar-refractivity contribution is 6.17. The fourth-order valence-corrected chi connectivity index (χ4v) is 2.68. The minimum absolute atomic E-state index is 0.491. The molecule has 2 aromatic rings. The molecule has 3 rings (SSSR count). The molecule has 1 aromatic carbocycles. The van der Waals surface area contributed by atoms with E-state index in [4.69, 9.17) is 21.3 Å². The molecular weight excluding hydrogens is 260 g/mol. The predicted octanol–water partition coefficient (Wildman–Crippen LogP) is 3.20. The Balaban J connectivity index is 2.04.